The first kappa shape index (κ1) is 11.7. The van der Waals surface area contributed by atoms with Crippen molar-refractivity contribution in [3.63, 3.8) is 0 Å². The highest BCUT2D eigenvalue weighted by Gasteiger charge is 2.51. The van der Waals surface area contributed by atoms with Gasteiger partial charge in [0.05, 0.1) is 20.6 Å². The quantitative estimate of drug-likeness (QED) is 0.504. The molecule has 84 valence electrons. The summed E-state index contributed by atoms with van der Waals surface area (Å²) in [6.07, 6.45) is 1.10. The van der Waals surface area contributed by atoms with Gasteiger partial charge in [-0.2, -0.15) is 0 Å². The van der Waals surface area contributed by atoms with Crippen LogP contribution in [0.4, 0.5) is 0 Å². The molecule has 0 saturated heterocycles. The van der Waals surface area contributed by atoms with E-state index in [4.69, 9.17) is 0 Å². The predicted octanol–water partition coefficient (Wildman–Crippen LogP) is 0.462. The molecular formula is C10H14O5. The van der Waals surface area contributed by atoms with Gasteiger partial charge in [-0.25, -0.2) is 0 Å². The Hall–Kier alpha value is -1.39. The number of methoxy groups -OCH3 is 2. The summed E-state index contributed by atoms with van der Waals surface area (Å²) in [4.78, 5) is 34.3. The Labute approximate surface area is 87.7 Å². The van der Waals surface area contributed by atoms with Crippen molar-refractivity contribution in [3.05, 3.63) is 0 Å². The molecule has 1 rings (SSSR count). The van der Waals surface area contributed by atoms with Crippen LogP contribution in [0.1, 0.15) is 25.7 Å². The van der Waals surface area contributed by atoms with Crippen molar-refractivity contribution in [1.82, 2.24) is 0 Å². The molecule has 1 fully saturated rings. The number of hydrogen-bond acceptors (Lipinski definition) is 5. The van der Waals surface area contributed by atoms with Gasteiger partial charge in [0, 0.05) is 6.42 Å². The minimum atomic E-state index is -1.29. The van der Waals surface area contributed by atoms with Gasteiger partial charge < -0.3 is 9.47 Å². The molecule has 1 aliphatic rings. The fourth-order valence-electron chi connectivity index (χ4n) is 1.92. The molecule has 0 aliphatic heterocycles. The van der Waals surface area contributed by atoms with E-state index < -0.39 is 17.4 Å². The number of carbonyl (C=O) groups is 3. The third kappa shape index (κ3) is 2.00. The number of Topliss-reactive ketones (excluding diaryl/α,β-unsaturated/α-hetero) is 1. The van der Waals surface area contributed by atoms with Gasteiger partial charge in [-0.05, 0) is 12.8 Å². The second-order valence-corrected chi connectivity index (χ2v) is 3.60. The minimum absolute atomic E-state index is 0.213. The number of ether oxygens (including phenoxy) is 2. The Morgan fingerprint density at radius 2 is 2.00 bits per heavy atom. The second-order valence-electron chi connectivity index (χ2n) is 3.60. The summed E-state index contributed by atoms with van der Waals surface area (Å²) in [5.41, 5.74) is -1.29. The number of hydrogen-bond donors (Lipinski definition) is 0. The van der Waals surface area contributed by atoms with E-state index in [1.165, 1.54) is 14.2 Å². The molecule has 15 heavy (non-hydrogen) atoms. The average Bonchev–Trinajstić information content (AvgIpc) is 2.60. The van der Waals surface area contributed by atoms with E-state index in [1.807, 2.05) is 0 Å². The molecule has 0 heterocycles. The topological polar surface area (TPSA) is 69.7 Å². The Bertz CT molecular complexity index is 296. The lowest BCUT2D eigenvalue weighted by Gasteiger charge is -2.22. The minimum Gasteiger partial charge on any atom is -0.469 e. The normalized spacial score (nSPS) is 25.1. The summed E-state index contributed by atoms with van der Waals surface area (Å²) in [6.45, 7) is 0. The smallest absolute Gasteiger partial charge is 0.319 e. The van der Waals surface area contributed by atoms with E-state index >= 15 is 0 Å². The number of carbonyl (C=O) groups excluding carboxylic acids is 3. The second kappa shape index (κ2) is 4.42. The largest absolute Gasteiger partial charge is 0.469 e. The summed E-state index contributed by atoms with van der Waals surface area (Å²) >= 11 is 0. The van der Waals surface area contributed by atoms with Crippen LogP contribution < -0.4 is 0 Å². The van der Waals surface area contributed by atoms with Crippen molar-refractivity contribution < 1.29 is 23.9 Å². The van der Waals surface area contributed by atoms with Gasteiger partial charge in [-0.15, -0.1) is 0 Å². The van der Waals surface area contributed by atoms with E-state index in [0.29, 0.717) is 19.3 Å². The van der Waals surface area contributed by atoms with Crippen molar-refractivity contribution in [3.8, 4) is 0 Å². The van der Waals surface area contributed by atoms with Crippen LogP contribution in [-0.4, -0.2) is 31.9 Å². The van der Waals surface area contributed by atoms with Crippen LogP contribution in [0.25, 0.3) is 0 Å². The monoisotopic (exact) mass is 214 g/mol. The fraction of sp³-hybridized carbons (Fsp3) is 0.700. The summed E-state index contributed by atoms with van der Waals surface area (Å²) in [5, 5.41) is 0. The molecule has 1 atom stereocenters. The van der Waals surface area contributed by atoms with Crippen molar-refractivity contribution in [2.75, 3.05) is 14.2 Å². The van der Waals surface area contributed by atoms with Crippen LogP contribution in [0.15, 0.2) is 0 Å². The molecule has 1 unspecified atom stereocenters. The molecule has 0 N–H and O–H groups in total. The molecule has 0 bridgehead atoms. The van der Waals surface area contributed by atoms with Crippen LogP contribution in [-0.2, 0) is 23.9 Å². The van der Waals surface area contributed by atoms with Crippen LogP contribution >= 0.6 is 0 Å². The van der Waals surface area contributed by atoms with Crippen molar-refractivity contribution in [2.24, 2.45) is 5.41 Å². The third-order valence-corrected chi connectivity index (χ3v) is 2.79. The van der Waals surface area contributed by atoms with Crippen molar-refractivity contribution in [2.45, 2.75) is 25.7 Å². The first-order chi connectivity index (χ1) is 7.06. The number of esters is 2. The standard InChI is InChI=1S/C10H14O5/c1-14-8(12)6-10(9(13)15-2)5-3-4-7(10)11/h3-6H2,1-2H3. The summed E-state index contributed by atoms with van der Waals surface area (Å²) in [5.74, 6) is -1.41. The van der Waals surface area contributed by atoms with Crippen molar-refractivity contribution >= 4 is 17.7 Å². The lowest BCUT2D eigenvalue weighted by atomic mass is 9.82. The molecule has 0 aromatic carbocycles. The highest BCUT2D eigenvalue weighted by Crippen LogP contribution is 2.39. The first-order valence-electron chi connectivity index (χ1n) is 4.75. The number of rotatable bonds is 3. The summed E-state index contributed by atoms with van der Waals surface area (Å²) < 4.78 is 9.07. The zero-order valence-electron chi connectivity index (χ0n) is 8.87. The molecular weight excluding hydrogens is 200 g/mol. The molecule has 1 saturated carbocycles. The zero-order valence-corrected chi connectivity index (χ0v) is 8.87. The zero-order chi connectivity index (χ0) is 11.5. The molecule has 5 nitrogen and oxygen atoms in total. The summed E-state index contributed by atoms with van der Waals surface area (Å²) in [6, 6.07) is 0. The van der Waals surface area contributed by atoms with Crippen LogP contribution in [0.2, 0.25) is 0 Å². The van der Waals surface area contributed by atoms with E-state index in [-0.39, 0.29) is 12.2 Å². The maximum atomic E-state index is 11.6. The molecule has 0 amide bonds. The maximum Gasteiger partial charge on any atom is 0.319 e. The predicted molar refractivity (Wildman–Crippen MR) is 49.9 cm³/mol. The summed E-state index contributed by atoms with van der Waals surface area (Å²) in [7, 11) is 2.44. The fourth-order valence-corrected chi connectivity index (χ4v) is 1.92. The van der Waals surface area contributed by atoms with E-state index in [0.717, 1.165) is 0 Å². The Morgan fingerprint density at radius 3 is 2.40 bits per heavy atom. The molecule has 0 aromatic heterocycles. The highest BCUT2D eigenvalue weighted by molar-refractivity contribution is 6.07. The lowest BCUT2D eigenvalue weighted by molar-refractivity contribution is -0.162. The highest BCUT2D eigenvalue weighted by atomic mass is 16.5. The van der Waals surface area contributed by atoms with Gasteiger partial charge in [0.2, 0.25) is 0 Å². The lowest BCUT2D eigenvalue weighted by Crippen LogP contribution is -2.38. The Balaban J connectivity index is 2.91. The van der Waals surface area contributed by atoms with Crippen LogP contribution in [0.5, 0.6) is 0 Å². The average molecular weight is 214 g/mol. The van der Waals surface area contributed by atoms with Gasteiger partial charge in [-0.3, -0.25) is 14.4 Å². The van der Waals surface area contributed by atoms with Gasteiger partial charge in [-0.1, -0.05) is 0 Å². The van der Waals surface area contributed by atoms with Gasteiger partial charge in [0.15, 0.2) is 5.78 Å². The van der Waals surface area contributed by atoms with Crippen LogP contribution in [0, 0.1) is 5.41 Å². The maximum absolute atomic E-state index is 11.6. The third-order valence-electron chi connectivity index (χ3n) is 2.79. The molecule has 1 aliphatic carbocycles. The van der Waals surface area contributed by atoms with Gasteiger partial charge >= 0.3 is 11.9 Å². The molecule has 0 radical (unpaired) electrons. The Kier molecular flexibility index (Phi) is 3.44. The Morgan fingerprint density at radius 1 is 1.33 bits per heavy atom. The SMILES string of the molecule is COC(=O)CC1(C(=O)OC)CCCC1=O. The molecule has 0 aromatic rings. The van der Waals surface area contributed by atoms with Gasteiger partial charge in [0.25, 0.3) is 0 Å². The van der Waals surface area contributed by atoms with E-state index in [1.54, 1.807) is 0 Å². The molecule has 5 heteroatoms. The van der Waals surface area contributed by atoms with E-state index in [9.17, 15) is 14.4 Å². The van der Waals surface area contributed by atoms with Crippen LogP contribution in [0.3, 0.4) is 0 Å². The van der Waals surface area contributed by atoms with Gasteiger partial charge in [0.1, 0.15) is 5.41 Å². The van der Waals surface area contributed by atoms with E-state index in [2.05, 4.69) is 9.47 Å². The first-order valence-corrected chi connectivity index (χ1v) is 4.75. The van der Waals surface area contributed by atoms with Crippen molar-refractivity contribution in [1.29, 1.82) is 0 Å². The number of ketones is 1. The molecule has 0 spiro atoms.